The molecule has 2 aromatic rings. The van der Waals surface area contributed by atoms with Gasteiger partial charge >= 0.3 is 0 Å². The molecule has 0 aliphatic heterocycles. The van der Waals surface area contributed by atoms with E-state index in [1.807, 2.05) is 6.07 Å². The van der Waals surface area contributed by atoms with Gasteiger partial charge in [-0.2, -0.15) is 0 Å². The Hall–Kier alpha value is -1.71. The molecule has 0 atom stereocenters. The molecule has 1 aromatic carbocycles. The number of pyridine rings is 1. The number of hydrogen-bond acceptors (Lipinski definition) is 3. The summed E-state index contributed by atoms with van der Waals surface area (Å²) in [5.41, 5.74) is 9.30. The standard InChI is InChI=1S/C16H21N3/c1-19(11-9-14-6-3-2-4-7-14)13-15-8-5-10-18-16(15)12-17/h2-8,10H,9,11-13,17H2,1H3. The molecule has 3 heteroatoms. The Kier molecular flexibility index (Phi) is 5.07. The molecule has 0 spiro atoms. The minimum atomic E-state index is 0.503. The van der Waals surface area contributed by atoms with Crippen LogP contribution in [-0.2, 0) is 19.5 Å². The van der Waals surface area contributed by atoms with E-state index in [0.717, 1.165) is 25.2 Å². The highest BCUT2D eigenvalue weighted by Gasteiger charge is 2.05. The number of likely N-dealkylation sites (N-methyl/N-ethyl adjacent to an activating group) is 1. The van der Waals surface area contributed by atoms with Crippen LogP contribution >= 0.6 is 0 Å². The Bertz CT molecular complexity index is 496. The van der Waals surface area contributed by atoms with Crippen molar-refractivity contribution in [1.29, 1.82) is 0 Å². The molecule has 0 saturated carbocycles. The maximum absolute atomic E-state index is 5.71. The van der Waals surface area contributed by atoms with Gasteiger partial charge < -0.3 is 10.6 Å². The fraction of sp³-hybridized carbons (Fsp3) is 0.312. The fourth-order valence-electron chi connectivity index (χ4n) is 2.13. The van der Waals surface area contributed by atoms with Gasteiger partial charge in [0.1, 0.15) is 0 Å². The van der Waals surface area contributed by atoms with E-state index in [4.69, 9.17) is 5.73 Å². The maximum Gasteiger partial charge on any atom is 0.0584 e. The molecule has 0 bridgehead atoms. The second-order valence-corrected chi connectivity index (χ2v) is 4.79. The van der Waals surface area contributed by atoms with Crippen LogP contribution in [0.1, 0.15) is 16.8 Å². The van der Waals surface area contributed by atoms with Gasteiger partial charge in [-0.1, -0.05) is 36.4 Å². The average Bonchev–Trinajstić information content (AvgIpc) is 2.47. The summed E-state index contributed by atoms with van der Waals surface area (Å²) in [6.45, 7) is 2.43. The highest BCUT2D eigenvalue weighted by atomic mass is 15.1. The largest absolute Gasteiger partial charge is 0.325 e. The Labute approximate surface area is 115 Å². The first-order chi connectivity index (χ1) is 9.29. The van der Waals surface area contributed by atoms with Crippen LogP contribution in [0.25, 0.3) is 0 Å². The normalized spacial score (nSPS) is 10.9. The third-order valence-electron chi connectivity index (χ3n) is 3.24. The van der Waals surface area contributed by atoms with Crippen LogP contribution in [0.5, 0.6) is 0 Å². The van der Waals surface area contributed by atoms with Crippen LogP contribution < -0.4 is 5.73 Å². The summed E-state index contributed by atoms with van der Waals surface area (Å²) < 4.78 is 0. The molecule has 100 valence electrons. The van der Waals surface area contributed by atoms with E-state index in [-0.39, 0.29) is 0 Å². The van der Waals surface area contributed by atoms with E-state index in [1.54, 1.807) is 6.20 Å². The summed E-state index contributed by atoms with van der Waals surface area (Å²) >= 11 is 0. The van der Waals surface area contributed by atoms with Gasteiger partial charge in [0.2, 0.25) is 0 Å². The van der Waals surface area contributed by atoms with Crippen molar-refractivity contribution < 1.29 is 0 Å². The van der Waals surface area contributed by atoms with Crippen molar-refractivity contribution in [3.63, 3.8) is 0 Å². The smallest absolute Gasteiger partial charge is 0.0584 e. The number of aromatic nitrogens is 1. The van der Waals surface area contributed by atoms with E-state index < -0.39 is 0 Å². The minimum Gasteiger partial charge on any atom is -0.325 e. The lowest BCUT2D eigenvalue weighted by molar-refractivity contribution is 0.329. The van der Waals surface area contributed by atoms with Gasteiger partial charge in [0.25, 0.3) is 0 Å². The third-order valence-corrected chi connectivity index (χ3v) is 3.24. The van der Waals surface area contributed by atoms with Crippen LogP contribution in [0.4, 0.5) is 0 Å². The van der Waals surface area contributed by atoms with Crippen molar-refractivity contribution in [2.75, 3.05) is 13.6 Å². The quantitative estimate of drug-likeness (QED) is 0.860. The molecular weight excluding hydrogens is 234 g/mol. The van der Waals surface area contributed by atoms with Crippen LogP contribution in [0.2, 0.25) is 0 Å². The predicted octanol–water partition coefficient (Wildman–Crippen LogP) is 2.21. The molecule has 1 aromatic heterocycles. The monoisotopic (exact) mass is 255 g/mol. The van der Waals surface area contributed by atoms with Crippen molar-refractivity contribution >= 4 is 0 Å². The maximum atomic E-state index is 5.71. The van der Waals surface area contributed by atoms with Crippen molar-refractivity contribution in [2.24, 2.45) is 5.73 Å². The fourth-order valence-corrected chi connectivity index (χ4v) is 2.13. The molecule has 19 heavy (non-hydrogen) atoms. The number of nitrogens with zero attached hydrogens (tertiary/aromatic N) is 2. The summed E-state index contributed by atoms with van der Waals surface area (Å²) in [7, 11) is 2.14. The number of hydrogen-bond donors (Lipinski definition) is 1. The van der Waals surface area contributed by atoms with E-state index in [2.05, 4.69) is 53.3 Å². The van der Waals surface area contributed by atoms with Crippen LogP contribution in [0, 0.1) is 0 Å². The van der Waals surface area contributed by atoms with E-state index in [0.29, 0.717) is 6.54 Å². The van der Waals surface area contributed by atoms with Crippen LogP contribution in [0.15, 0.2) is 48.7 Å². The topological polar surface area (TPSA) is 42.2 Å². The highest BCUT2D eigenvalue weighted by molar-refractivity contribution is 5.19. The summed E-state index contributed by atoms with van der Waals surface area (Å²) in [5, 5.41) is 0. The minimum absolute atomic E-state index is 0.503. The van der Waals surface area contributed by atoms with Gasteiger partial charge in [0, 0.05) is 25.8 Å². The lowest BCUT2D eigenvalue weighted by atomic mass is 10.1. The Morgan fingerprint density at radius 3 is 2.63 bits per heavy atom. The van der Waals surface area contributed by atoms with E-state index in [1.165, 1.54) is 11.1 Å². The molecule has 0 fully saturated rings. The summed E-state index contributed by atoms with van der Waals surface area (Å²) in [4.78, 5) is 6.63. The zero-order valence-electron chi connectivity index (χ0n) is 11.4. The molecule has 1 heterocycles. The molecule has 2 rings (SSSR count). The van der Waals surface area contributed by atoms with Crippen molar-refractivity contribution in [2.45, 2.75) is 19.5 Å². The molecule has 0 unspecified atom stereocenters. The SMILES string of the molecule is CN(CCc1ccccc1)Cc1cccnc1CN. The molecule has 0 saturated heterocycles. The molecule has 0 aliphatic carbocycles. The van der Waals surface area contributed by atoms with Gasteiger partial charge in [-0.15, -0.1) is 0 Å². The van der Waals surface area contributed by atoms with Crippen molar-refractivity contribution in [3.8, 4) is 0 Å². The molecule has 3 nitrogen and oxygen atoms in total. The highest BCUT2D eigenvalue weighted by Crippen LogP contribution is 2.08. The van der Waals surface area contributed by atoms with Gasteiger partial charge in [0.15, 0.2) is 0 Å². The lowest BCUT2D eigenvalue weighted by Gasteiger charge is -2.18. The Morgan fingerprint density at radius 2 is 1.89 bits per heavy atom. The zero-order valence-corrected chi connectivity index (χ0v) is 11.4. The Balaban J connectivity index is 1.89. The third kappa shape index (κ3) is 4.16. The second-order valence-electron chi connectivity index (χ2n) is 4.79. The average molecular weight is 255 g/mol. The molecule has 0 radical (unpaired) electrons. The molecule has 0 aliphatic rings. The lowest BCUT2D eigenvalue weighted by Crippen LogP contribution is -2.22. The van der Waals surface area contributed by atoms with Crippen molar-refractivity contribution in [1.82, 2.24) is 9.88 Å². The first-order valence-electron chi connectivity index (χ1n) is 6.65. The van der Waals surface area contributed by atoms with E-state index in [9.17, 15) is 0 Å². The van der Waals surface area contributed by atoms with Crippen LogP contribution in [0.3, 0.4) is 0 Å². The summed E-state index contributed by atoms with van der Waals surface area (Å²) in [5.74, 6) is 0. The summed E-state index contributed by atoms with van der Waals surface area (Å²) in [6.07, 6.45) is 2.87. The summed E-state index contributed by atoms with van der Waals surface area (Å²) in [6, 6.07) is 14.6. The van der Waals surface area contributed by atoms with Gasteiger partial charge in [-0.25, -0.2) is 0 Å². The number of benzene rings is 1. The number of nitrogens with two attached hydrogens (primary N) is 1. The molecule has 0 amide bonds. The van der Waals surface area contributed by atoms with Crippen molar-refractivity contribution in [3.05, 3.63) is 65.5 Å². The zero-order chi connectivity index (χ0) is 13.5. The van der Waals surface area contributed by atoms with Gasteiger partial charge in [0.05, 0.1) is 5.69 Å². The van der Waals surface area contributed by atoms with Crippen LogP contribution in [-0.4, -0.2) is 23.5 Å². The molecular formula is C16H21N3. The number of rotatable bonds is 6. The predicted molar refractivity (Wildman–Crippen MR) is 78.6 cm³/mol. The second kappa shape index (κ2) is 7.02. The van der Waals surface area contributed by atoms with E-state index >= 15 is 0 Å². The van der Waals surface area contributed by atoms with Gasteiger partial charge in [-0.05, 0) is 30.7 Å². The molecule has 2 N–H and O–H groups in total. The first-order valence-corrected chi connectivity index (χ1v) is 6.65. The Morgan fingerprint density at radius 1 is 1.11 bits per heavy atom. The van der Waals surface area contributed by atoms with Gasteiger partial charge in [-0.3, -0.25) is 4.98 Å². The first kappa shape index (κ1) is 13.7.